The van der Waals surface area contributed by atoms with Crippen molar-refractivity contribution < 1.29 is 9.90 Å². The monoisotopic (exact) mass is 439 g/mol. The highest BCUT2D eigenvalue weighted by Crippen LogP contribution is 2.22. The fraction of sp³-hybridized carbons (Fsp3) is 0.455. The van der Waals surface area contributed by atoms with Gasteiger partial charge in [-0.15, -0.1) is 0 Å². The molecule has 0 spiro atoms. The zero-order chi connectivity index (χ0) is 22.8. The van der Waals surface area contributed by atoms with Gasteiger partial charge in [0.1, 0.15) is 22.9 Å². The van der Waals surface area contributed by atoms with Crippen LogP contribution in [-0.4, -0.2) is 49.4 Å². The van der Waals surface area contributed by atoms with Gasteiger partial charge in [0.05, 0.1) is 12.3 Å². The van der Waals surface area contributed by atoms with Gasteiger partial charge in [-0.25, -0.2) is 4.98 Å². The Labute approximate surface area is 185 Å². The first-order valence-electron chi connectivity index (χ1n) is 10.9. The maximum Gasteiger partial charge on any atom is 0.274 e. The van der Waals surface area contributed by atoms with Gasteiger partial charge in [-0.1, -0.05) is 0 Å². The smallest absolute Gasteiger partial charge is 0.274 e. The molecular formula is C22H29N7O3. The van der Waals surface area contributed by atoms with E-state index in [9.17, 15) is 14.7 Å². The van der Waals surface area contributed by atoms with Crippen LogP contribution in [0, 0.1) is 0 Å². The first-order chi connectivity index (χ1) is 15.4. The van der Waals surface area contributed by atoms with Gasteiger partial charge >= 0.3 is 0 Å². The zero-order valence-electron chi connectivity index (χ0n) is 18.5. The van der Waals surface area contributed by atoms with Crippen LogP contribution in [0.25, 0.3) is 5.65 Å². The SMILES string of the molecule is CNc1cc(Nc2cccn(C(C)C)c2=O)nc2c(C(=O)N[C@@H]3CCC[C@@H](O)C3)cnn12. The molecule has 2 atom stereocenters. The van der Waals surface area contributed by atoms with E-state index in [1.165, 1.54) is 6.20 Å². The maximum atomic E-state index is 13.0. The molecule has 0 unspecified atom stereocenters. The highest BCUT2D eigenvalue weighted by atomic mass is 16.3. The van der Waals surface area contributed by atoms with E-state index in [1.54, 1.807) is 40.5 Å². The Morgan fingerprint density at radius 3 is 2.84 bits per heavy atom. The van der Waals surface area contributed by atoms with Gasteiger partial charge in [0.15, 0.2) is 5.65 Å². The third-order valence-corrected chi connectivity index (χ3v) is 5.75. The molecule has 3 aromatic heterocycles. The fourth-order valence-corrected chi connectivity index (χ4v) is 4.07. The third kappa shape index (κ3) is 4.31. The number of aliphatic hydroxyl groups is 1. The second-order valence-electron chi connectivity index (χ2n) is 8.41. The molecule has 1 aliphatic carbocycles. The van der Waals surface area contributed by atoms with Crippen LogP contribution in [0.3, 0.4) is 0 Å². The van der Waals surface area contributed by atoms with Crippen LogP contribution >= 0.6 is 0 Å². The van der Waals surface area contributed by atoms with Gasteiger partial charge in [0.2, 0.25) is 0 Å². The molecule has 10 nitrogen and oxygen atoms in total. The van der Waals surface area contributed by atoms with Crippen LogP contribution in [0.1, 0.15) is 55.9 Å². The summed E-state index contributed by atoms with van der Waals surface area (Å²) in [6.07, 6.45) is 5.86. The standard InChI is InChI=1S/C22H29N7O3/c1-13(2)28-9-5-8-17(22(28)32)26-18-11-19(23-3)29-20(27-18)16(12-24-29)21(31)25-14-6-4-7-15(30)10-14/h5,8-9,11-15,23,30H,4,6-7,10H2,1-3H3,(H,25,31)(H,26,27)/t14-,15-/m1/s1. The van der Waals surface area contributed by atoms with Crippen molar-refractivity contribution in [2.45, 2.75) is 57.7 Å². The van der Waals surface area contributed by atoms with Crippen LogP contribution in [0.15, 0.2) is 35.4 Å². The van der Waals surface area contributed by atoms with E-state index in [0.717, 1.165) is 19.3 Å². The van der Waals surface area contributed by atoms with E-state index in [2.05, 4.69) is 26.0 Å². The largest absolute Gasteiger partial charge is 0.393 e. The summed E-state index contributed by atoms with van der Waals surface area (Å²) < 4.78 is 3.18. The molecule has 1 saturated carbocycles. The first kappa shape index (κ1) is 21.8. The van der Waals surface area contributed by atoms with Crippen LogP contribution in [0.5, 0.6) is 0 Å². The van der Waals surface area contributed by atoms with Crippen molar-refractivity contribution in [2.75, 3.05) is 17.7 Å². The number of aliphatic hydroxyl groups excluding tert-OH is 1. The molecule has 0 saturated heterocycles. The van der Waals surface area contributed by atoms with Crippen molar-refractivity contribution in [3.63, 3.8) is 0 Å². The van der Waals surface area contributed by atoms with Gasteiger partial charge in [0.25, 0.3) is 11.5 Å². The second-order valence-corrected chi connectivity index (χ2v) is 8.41. The molecule has 10 heteroatoms. The van der Waals surface area contributed by atoms with Crippen molar-refractivity contribution in [1.29, 1.82) is 0 Å². The molecule has 3 aromatic rings. The summed E-state index contributed by atoms with van der Waals surface area (Å²) in [4.78, 5) is 30.3. The molecule has 0 aromatic carbocycles. The molecule has 4 N–H and O–H groups in total. The van der Waals surface area contributed by atoms with Crippen LogP contribution in [0.4, 0.5) is 17.3 Å². The minimum absolute atomic E-state index is 0.0241. The normalized spacial score (nSPS) is 18.7. The van der Waals surface area contributed by atoms with Gasteiger partial charge in [0, 0.05) is 31.4 Å². The number of hydrogen-bond acceptors (Lipinski definition) is 7. The molecule has 1 aliphatic rings. The number of carbonyl (C=O) groups excluding carboxylic acids is 1. The van der Waals surface area contributed by atoms with Gasteiger partial charge < -0.3 is 25.6 Å². The summed E-state index contributed by atoms with van der Waals surface area (Å²) in [6, 6.07) is 5.18. The fourth-order valence-electron chi connectivity index (χ4n) is 4.07. The number of carbonyl (C=O) groups is 1. The number of nitrogens with zero attached hydrogens (tertiary/aromatic N) is 4. The Hall–Kier alpha value is -3.40. The second kappa shape index (κ2) is 8.99. The lowest BCUT2D eigenvalue weighted by atomic mass is 9.93. The number of amides is 1. The van der Waals surface area contributed by atoms with E-state index in [0.29, 0.717) is 35.0 Å². The Bertz CT molecular complexity index is 1180. The van der Waals surface area contributed by atoms with Crippen molar-refractivity contribution in [1.82, 2.24) is 24.5 Å². The molecular weight excluding hydrogens is 410 g/mol. The third-order valence-electron chi connectivity index (χ3n) is 5.75. The number of rotatable bonds is 6. The Balaban J connectivity index is 1.66. The van der Waals surface area contributed by atoms with Crippen molar-refractivity contribution in [3.8, 4) is 0 Å². The summed E-state index contributed by atoms with van der Waals surface area (Å²) in [6.45, 7) is 3.88. The summed E-state index contributed by atoms with van der Waals surface area (Å²) in [5.41, 5.74) is 0.936. The number of anilines is 3. The molecule has 0 aliphatic heterocycles. The lowest BCUT2D eigenvalue weighted by Crippen LogP contribution is -2.39. The Morgan fingerprint density at radius 2 is 2.12 bits per heavy atom. The van der Waals surface area contributed by atoms with E-state index in [1.807, 2.05) is 13.8 Å². The average molecular weight is 440 g/mol. The van der Waals surface area contributed by atoms with Crippen LogP contribution < -0.4 is 21.5 Å². The minimum atomic E-state index is -0.386. The molecule has 1 fully saturated rings. The summed E-state index contributed by atoms with van der Waals surface area (Å²) in [7, 11) is 1.75. The number of fused-ring (bicyclic) bond motifs is 1. The van der Waals surface area contributed by atoms with Crippen molar-refractivity contribution >= 4 is 28.9 Å². The molecule has 0 radical (unpaired) electrons. The van der Waals surface area contributed by atoms with E-state index in [4.69, 9.17) is 0 Å². The molecule has 1 amide bonds. The van der Waals surface area contributed by atoms with Gasteiger partial charge in [-0.2, -0.15) is 9.61 Å². The van der Waals surface area contributed by atoms with Crippen molar-refractivity contribution in [3.05, 3.63) is 46.5 Å². The molecule has 4 rings (SSSR count). The van der Waals surface area contributed by atoms with Crippen LogP contribution in [-0.2, 0) is 0 Å². The predicted octanol–water partition coefficient (Wildman–Crippen LogP) is 2.29. The summed E-state index contributed by atoms with van der Waals surface area (Å²) in [5.74, 6) is 0.750. The Morgan fingerprint density at radius 1 is 1.31 bits per heavy atom. The van der Waals surface area contributed by atoms with Gasteiger partial charge in [-0.05, 0) is 51.7 Å². The quantitative estimate of drug-likeness (QED) is 0.464. The molecule has 32 heavy (non-hydrogen) atoms. The lowest BCUT2D eigenvalue weighted by molar-refractivity contribution is 0.0851. The highest BCUT2D eigenvalue weighted by Gasteiger charge is 2.24. The lowest BCUT2D eigenvalue weighted by Gasteiger charge is -2.26. The number of aromatic nitrogens is 4. The van der Waals surface area contributed by atoms with E-state index >= 15 is 0 Å². The highest BCUT2D eigenvalue weighted by molar-refractivity contribution is 6.00. The summed E-state index contributed by atoms with van der Waals surface area (Å²) in [5, 5.41) is 23.3. The van der Waals surface area contributed by atoms with Gasteiger partial charge in [-0.3, -0.25) is 9.59 Å². The Kier molecular flexibility index (Phi) is 6.13. The number of pyridine rings is 1. The zero-order valence-corrected chi connectivity index (χ0v) is 18.5. The topological polar surface area (TPSA) is 126 Å². The number of hydrogen-bond donors (Lipinski definition) is 4. The molecule has 0 bridgehead atoms. The first-order valence-corrected chi connectivity index (χ1v) is 10.9. The molecule has 170 valence electrons. The van der Waals surface area contributed by atoms with E-state index in [-0.39, 0.29) is 29.7 Å². The minimum Gasteiger partial charge on any atom is -0.393 e. The average Bonchev–Trinajstić information content (AvgIpc) is 3.18. The van der Waals surface area contributed by atoms with Crippen LogP contribution in [0.2, 0.25) is 0 Å². The number of nitrogens with one attached hydrogen (secondary N) is 3. The molecule has 3 heterocycles. The van der Waals surface area contributed by atoms with E-state index < -0.39 is 0 Å². The van der Waals surface area contributed by atoms with Crippen molar-refractivity contribution in [2.24, 2.45) is 0 Å². The predicted molar refractivity (Wildman–Crippen MR) is 123 cm³/mol. The summed E-state index contributed by atoms with van der Waals surface area (Å²) >= 11 is 0. The maximum absolute atomic E-state index is 13.0.